The molecule has 1 aliphatic heterocycles. The first-order valence-electron chi connectivity index (χ1n) is 8.15. The van der Waals surface area contributed by atoms with Gasteiger partial charge < -0.3 is 9.64 Å². The summed E-state index contributed by atoms with van der Waals surface area (Å²) in [4.78, 5) is 13.9. The number of allylic oxidation sites excluding steroid dienone is 1. The van der Waals surface area contributed by atoms with Crippen molar-refractivity contribution in [1.29, 1.82) is 0 Å². The normalized spacial score (nSPS) is 32.6. The van der Waals surface area contributed by atoms with E-state index in [1.54, 1.807) is 7.11 Å². The summed E-state index contributed by atoms with van der Waals surface area (Å²) in [5.74, 6) is 1.36. The number of ether oxygens (including phenoxy) is 1. The fourth-order valence-electron chi connectivity index (χ4n) is 5.09. The van der Waals surface area contributed by atoms with E-state index >= 15 is 0 Å². The average Bonchev–Trinajstić information content (AvgIpc) is 2.57. The van der Waals surface area contributed by atoms with Gasteiger partial charge in [-0.25, -0.2) is 0 Å². The molecule has 116 valence electrons. The number of rotatable bonds is 2. The molecule has 0 aromatic heterocycles. The fraction of sp³-hybridized carbons (Fsp3) is 0.556. The first-order valence-corrected chi connectivity index (χ1v) is 8.15. The first kappa shape index (κ1) is 13.8. The van der Waals surface area contributed by atoms with Crippen molar-refractivity contribution in [3.63, 3.8) is 0 Å². The molecule has 1 aromatic rings. The van der Waals surface area contributed by atoms with E-state index in [4.69, 9.17) is 4.74 Å². The van der Waals surface area contributed by atoms with Crippen molar-refractivity contribution < 1.29 is 4.74 Å². The third-order valence-electron chi connectivity index (χ3n) is 6.06. The predicted molar refractivity (Wildman–Crippen MR) is 85.8 cm³/mol. The lowest BCUT2D eigenvalue weighted by Crippen LogP contribution is -2.57. The number of hydrogen-bond acceptors (Lipinski definition) is 4. The van der Waals surface area contributed by atoms with E-state index in [-0.39, 0.29) is 5.41 Å². The van der Waals surface area contributed by atoms with Gasteiger partial charge in [0.2, 0.25) is 0 Å². The van der Waals surface area contributed by atoms with E-state index in [1.807, 2.05) is 12.3 Å². The molecule has 1 heterocycles. The summed E-state index contributed by atoms with van der Waals surface area (Å²) < 4.78 is 5.45. The van der Waals surface area contributed by atoms with Crippen molar-refractivity contribution in [1.82, 2.24) is 4.90 Å². The van der Waals surface area contributed by atoms with E-state index < -0.39 is 0 Å². The van der Waals surface area contributed by atoms with E-state index in [0.29, 0.717) is 17.7 Å². The highest BCUT2D eigenvalue weighted by molar-refractivity contribution is 5.51. The van der Waals surface area contributed by atoms with Crippen LogP contribution in [0.2, 0.25) is 0 Å². The van der Waals surface area contributed by atoms with Crippen LogP contribution in [-0.4, -0.2) is 25.1 Å². The maximum absolute atomic E-state index is 11.6. The van der Waals surface area contributed by atoms with E-state index in [2.05, 4.69) is 29.3 Å². The van der Waals surface area contributed by atoms with Crippen LogP contribution < -0.4 is 4.74 Å². The second-order valence-corrected chi connectivity index (χ2v) is 6.89. The number of nitrogens with zero attached hydrogens (tertiary/aromatic N) is 2. The summed E-state index contributed by atoms with van der Waals surface area (Å²) in [6.45, 7) is 0. The van der Waals surface area contributed by atoms with Gasteiger partial charge in [0, 0.05) is 24.7 Å². The Morgan fingerprint density at radius 2 is 2.23 bits per heavy atom. The number of likely N-dealkylation sites (N-methyl/N-ethyl adjacent to an activating group) is 1. The van der Waals surface area contributed by atoms with Crippen LogP contribution in [0.3, 0.4) is 0 Å². The largest absolute Gasteiger partial charge is 0.497 e. The standard InChI is InChI=1S/C18H22N2O2/c1-20-11-17(19-21)18-8-4-3-5-14(18)16(20)9-12-6-7-13(22-2)10-15(12)18/h6-7,10-11,14,16H,3-5,8-9H2,1-2H3. The Hall–Kier alpha value is -1.84. The highest BCUT2D eigenvalue weighted by Crippen LogP contribution is 2.57. The zero-order chi connectivity index (χ0) is 15.3. The molecule has 2 aliphatic carbocycles. The molecule has 3 aliphatic rings. The molecule has 2 bridgehead atoms. The van der Waals surface area contributed by atoms with Crippen molar-refractivity contribution in [2.45, 2.75) is 43.6 Å². The minimum Gasteiger partial charge on any atom is -0.497 e. The fourth-order valence-corrected chi connectivity index (χ4v) is 5.09. The highest BCUT2D eigenvalue weighted by Gasteiger charge is 2.55. The molecule has 1 saturated carbocycles. The Morgan fingerprint density at radius 3 is 3.00 bits per heavy atom. The molecule has 0 spiro atoms. The van der Waals surface area contributed by atoms with Gasteiger partial charge in [-0.2, -0.15) is 0 Å². The molecule has 1 aromatic carbocycles. The van der Waals surface area contributed by atoms with Gasteiger partial charge in [-0.1, -0.05) is 18.9 Å². The number of fused-ring (bicyclic) bond motifs is 1. The minimum atomic E-state index is -0.195. The molecule has 3 atom stereocenters. The van der Waals surface area contributed by atoms with Crippen LogP contribution in [0.15, 0.2) is 35.3 Å². The number of hydrogen-bond donors (Lipinski definition) is 0. The van der Waals surface area contributed by atoms with Gasteiger partial charge in [0.1, 0.15) is 11.4 Å². The van der Waals surface area contributed by atoms with E-state index in [1.165, 1.54) is 24.0 Å². The minimum absolute atomic E-state index is 0.195. The lowest BCUT2D eigenvalue weighted by molar-refractivity contribution is 0.0794. The molecule has 0 N–H and O–H groups in total. The Kier molecular flexibility index (Phi) is 3.03. The van der Waals surface area contributed by atoms with Crippen LogP contribution in [0.25, 0.3) is 0 Å². The smallest absolute Gasteiger partial charge is 0.119 e. The van der Waals surface area contributed by atoms with Crippen LogP contribution in [0.5, 0.6) is 5.75 Å². The maximum Gasteiger partial charge on any atom is 0.119 e. The molecule has 0 amide bonds. The van der Waals surface area contributed by atoms with Gasteiger partial charge in [-0.05, 0) is 53.6 Å². The van der Waals surface area contributed by atoms with Crippen molar-refractivity contribution in [3.05, 3.63) is 46.1 Å². The third kappa shape index (κ3) is 1.64. The Morgan fingerprint density at radius 1 is 1.36 bits per heavy atom. The topological polar surface area (TPSA) is 41.9 Å². The van der Waals surface area contributed by atoms with Crippen LogP contribution in [0.1, 0.15) is 36.8 Å². The average molecular weight is 298 g/mol. The molecule has 0 saturated heterocycles. The van der Waals surface area contributed by atoms with Gasteiger partial charge in [0.15, 0.2) is 0 Å². The molecule has 4 nitrogen and oxygen atoms in total. The Balaban J connectivity index is 1.99. The lowest BCUT2D eigenvalue weighted by atomic mass is 9.53. The van der Waals surface area contributed by atoms with Crippen molar-refractivity contribution >= 4 is 0 Å². The van der Waals surface area contributed by atoms with Gasteiger partial charge in [-0.3, -0.25) is 0 Å². The summed E-state index contributed by atoms with van der Waals surface area (Å²) in [7, 11) is 3.79. The zero-order valence-corrected chi connectivity index (χ0v) is 13.2. The van der Waals surface area contributed by atoms with E-state index in [9.17, 15) is 4.91 Å². The molecular formula is C18H22N2O2. The summed E-state index contributed by atoms with van der Waals surface area (Å²) in [6, 6.07) is 6.84. The predicted octanol–water partition coefficient (Wildman–Crippen LogP) is 3.60. The second kappa shape index (κ2) is 4.83. The third-order valence-corrected chi connectivity index (χ3v) is 6.06. The Labute approximate surface area is 131 Å². The molecule has 4 heteroatoms. The molecule has 4 rings (SSSR count). The monoisotopic (exact) mass is 298 g/mol. The highest BCUT2D eigenvalue weighted by atomic mass is 16.5. The molecule has 1 fully saturated rings. The first-order chi connectivity index (χ1) is 10.7. The summed E-state index contributed by atoms with van der Waals surface area (Å²) in [6.07, 6.45) is 7.66. The zero-order valence-electron chi connectivity index (χ0n) is 13.2. The van der Waals surface area contributed by atoms with Gasteiger partial charge >= 0.3 is 0 Å². The van der Waals surface area contributed by atoms with Gasteiger partial charge in [0.25, 0.3) is 0 Å². The van der Waals surface area contributed by atoms with Gasteiger partial charge in [0.05, 0.1) is 7.11 Å². The maximum atomic E-state index is 11.6. The number of benzene rings is 1. The van der Waals surface area contributed by atoms with E-state index in [0.717, 1.165) is 25.0 Å². The molecular weight excluding hydrogens is 276 g/mol. The molecule has 0 radical (unpaired) electrons. The second-order valence-electron chi connectivity index (χ2n) is 6.89. The summed E-state index contributed by atoms with van der Waals surface area (Å²) >= 11 is 0. The summed E-state index contributed by atoms with van der Waals surface area (Å²) in [5.41, 5.74) is 3.15. The number of methoxy groups -OCH3 is 1. The van der Waals surface area contributed by atoms with Crippen LogP contribution in [0, 0.1) is 10.8 Å². The van der Waals surface area contributed by atoms with Crippen LogP contribution in [0.4, 0.5) is 0 Å². The van der Waals surface area contributed by atoms with Crippen molar-refractivity contribution in [3.8, 4) is 5.75 Å². The molecule has 22 heavy (non-hydrogen) atoms. The van der Waals surface area contributed by atoms with Crippen molar-refractivity contribution in [2.24, 2.45) is 11.1 Å². The summed E-state index contributed by atoms with van der Waals surface area (Å²) in [5, 5.41) is 3.48. The molecule has 3 unspecified atom stereocenters. The lowest BCUT2D eigenvalue weighted by Gasteiger charge is -2.56. The quantitative estimate of drug-likeness (QED) is 0.783. The van der Waals surface area contributed by atoms with Crippen LogP contribution in [-0.2, 0) is 11.8 Å². The SMILES string of the molecule is COc1ccc2c(c1)C13CCCCC1C(C2)N(C)C=C3N=O. The van der Waals surface area contributed by atoms with Gasteiger partial charge in [-0.15, -0.1) is 4.91 Å². The number of nitroso groups, excluding NO2 is 1. The Bertz CT molecular complexity index is 654. The van der Waals surface area contributed by atoms with Crippen molar-refractivity contribution in [2.75, 3.05) is 14.2 Å². The van der Waals surface area contributed by atoms with Crippen LogP contribution >= 0.6 is 0 Å².